The number of oxime groups is 1. The van der Waals surface area contributed by atoms with Crippen LogP contribution in [0.15, 0.2) is 10.3 Å². The van der Waals surface area contributed by atoms with E-state index >= 15 is 0 Å². The average Bonchev–Trinajstić information content (AvgIpc) is 1.87. The van der Waals surface area contributed by atoms with E-state index in [4.69, 9.17) is 5.21 Å². The first-order valence-corrected chi connectivity index (χ1v) is 3.02. The first-order chi connectivity index (χ1) is 5.07. The van der Waals surface area contributed by atoms with Crippen LogP contribution >= 0.6 is 0 Å². The number of carbonyl (C=O) groups is 1. The lowest BCUT2D eigenvalue weighted by molar-refractivity contribution is -0.111. The van der Waals surface area contributed by atoms with Crippen LogP contribution in [0.1, 0.15) is 6.92 Å². The molecular formula is C6H11N3O2. The molecule has 11 heavy (non-hydrogen) atoms. The SMILES string of the molecule is CC(=O)C(/C=N/N(C)C)=N\O. The number of hydrogen-bond donors (Lipinski definition) is 1. The molecule has 0 radical (unpaired) electrons. The van der Waals surface area contributed by atoms with E-state index in [0.717, 1.165) is 0 Å². The Morgan fingerprint density at radius 2 is 2.09 bits per heavy atom. The van der Waals surface area contributed by atoms with E-state index in [-0.39, 0.29) is 11.5 Å². The second-order valence-electron chi connectivity index (χ2n) is 2.13. The molecule has 0 rings (SSSR count). The summed E-state index contributed by atoms with van der Waals surface area (Å²) in [6, 6.07) is 0. The first kappa shape index (κ1) is 9.61. The number of hydrazone groups is 1. The lowest BCUT2D eigenvalue weighted by Gasteiger charge is -2.01. The first-order valence-electron chi connectivity index (χ1n) is 3.02. The van der Waals surface area contributed by atoms with Gasteiger partial charge in [0.1, 0.15) is 0 Å². The molecule has 0 saturated carbocycles. The molecule has 0 bridgehead atoms. The standard InChI is InChI=1S/C6H11N3O2/c1-5(10)6(8-11)4-7-9(2)3/h4,11H,1-3H3/b7-4+,8-6-. The molecule has 0 aromatic rings. The normalized spacial score (nSPS) is 12.1. The Morgan fingerprint density at radius 1 is 1.55 bits per heavy atom. The van der Waals surface area contributed by atoms with Gasteiger partial charge in [0.15, 0.2) is 11.5 Å². The zero-order chi connectivity index (χ0) is 8.85. The summed E-state index contributed by atoms with van der Waals surface area (Å²) in [5.74, 6) is -0.321. The number of ketones is 1. The van der Waals surface area contributed by atoms with Gasteiger partial charge in [-0.25, -0.2) is 0 Å². The Balaban J connectivity index is 4.22. The predicted molar refractivity (Wildman–Crippen MR) is 42.1 cm³/mol. The van der Waals surface area contributed by atoms with Crippen LogP contribution in [-0.4, -0.2) is 42.0 Å². The maximum absolute atomic E-state index is 10.6. The van der Waals surface area contributed by atoms with Crippen molar-refractivity contribution in [2.75, 3.05) is 14.1 Å². The van der Waals surface area contributed by atoms with E-state index in [9.17, 15) is 4.79 Å². The summed E-state index contributed by atoms with van der Waals surface area (Å²) in [5, 5.41) is 16.2. The van der Waals surface area contributed by atoms with Crippen LogP contribution in [0.25, 0.3) is 0 Å². The van der Waals surface area contributed by atoms with Gasteiger partial charge in [-0.1, -0.05) is 5.16 Å². The molecule has 0 aromatic heterocycles. The molecule has 5 nitrogen and oxygen atoms in total. The second kappa shape index (κ2) is 4.43. The van der Waals surface area contributed by atoms with Gasteiger partial charge in [-0.05, 0) is 0 Å². The summed E-state index contributed by atoms with van der Waals surface area (Å²) < 4.78 is 0. The Bertz CT molecular complexity index is 196. The average molecular weight is 157 g/mol. The van der Waals surface area contributed by atoms with Crippen LogP contribution < -0.4 is 0 Å². The Labute approximate surface area is 65.0 Å². The highest BCUT2D eigenvalue weighted by Gasteiger charge is 2.01. The number of nitrogens with zero attached hydrogens (tertiary/aromatic N) is 3. The molecule has 0 aromatic carbocycles. The monoisotopic (exact) mass is 157 g/mol. The number of Topliss-reactive ketones (excluding diaryl/α,β-unsaturated/α-hetero) is 1. The quantitative estimate of drug-likeness (QED) is 0.355. The summed E-state index contributed by atoms with van der Waals surface area (Å²) in [6.45, 7) is 1.30. The van der Waals surface area contributed by atoms with Crippen molar-refractivity contribution in [3.05, 3.63) is 0 Å². The number of carbonyl (C=O) groups excluding carboxylic acids is 1. The van der Waals surface area contributed by atoms with Gasteiger partial charge < -0.3 is 10.2 Å². The van der Waals surface area contributed by atoms with E-state index in [2.05, 4.69) is 10.3 Å². The van der Waals surface area contributed by atoms with Crippen molar-refractivity contribution < 1.29 is 10.0 Å². The van der Waals surface area contributed by atoms with Crippen LogP contribution in [0.5, 0.6) is 0 Å². The van der Waals surface area contributed by atoms with Gasteiger partial charge in [-0.2, -0.15) is 5.10 Å². The second-order valence-corrected chi connectivity index (χ2v) is 2.13. The molecule has 0 spiro atoms. The summed E-state index contributed by atoms with van der Waals surface area (Å²) in [6.07, 6.45) is 1.20. The van der Waals surface area contributed by atoms with E-state index in [1.165, 1.54) is 18.1 Å². The highest BCUT2D eigenvalue weighted by Crippen LogP contribution is 1.78. The van der Waals surface area contributed by atoms with Gasteiger partial charge in [-0.3, -0.25) is 4.79 Å². The van der Waals surface area contributed by atoms with Gasteiger partial charge in [0.25, 0.3) is 0 Å². The highest BCUT2D eigenvalue weighted by atomic mass is 16.4. The lowest BCUT2D eigenvalue weighted by atomic mass is 10.3. The van der Waals surface area contributed by atoms with Crippen molar-refractivity contribution in [1.82, 2.24) is 5.01 Å². The Morgan fingerprint density at radius 3 is 2.36 bits per heavy atom. The minimum Gasteiger partial charge on any atom is -0.410 e. The van der Waals surface area contributed by atoms with Crippen LogP contribution in [0, 0.1) is 0 Å². The lowest BCUT2D eigenvalue weighted by Crippen LogP contribution is -2.14. The van der Waals surface area contributed by atoms with Crippen molar-refractivity contribution >= 4 is 17.7 Å². The summed E-state index contributed by atoms with van der Waals surface area (Å²) in [5.41, 5.74) is -0.0568. The zero-order valence-electron chi connectivity index (χ0n) is 6.77. The summed E-state index contributed by atoms with van der Waals surface area (Å²) in [4.78, 5) is 10.6. The van der Waals surface area contributed by atoms with Gasteiger partial charge in [0.05, 0.1) is 6.21 Å². The van der Waals surface area contributed by atoms with Crippen molar-refractivity contribution in [3.63, 3.8) is 0 Å². The Hall–Kier alpha value is -1.39. The van der Waals surface area contributed by atoms with Crippen LogP contribution in [0.3, 0.4) is 0 Å². The maximum atomic E-state index is 10.6. The maximum Gasteiger partial charge on any atom is 0.183 e. The van der Waals surface area contributed by atoms with Crippen molar-refractivity contribution in [2.45, 2.75) is 6.92 Å². The molecule has 1 N–H and O–H groups in total. The molecule has 0 aliphatic rings. The largest absolute Gasteiger partial charge is 0.410 e. The number of rotatable bonds is 3. The zero-order valence-corrected chi connectivity index (χ0v) is 6.77. The van der Waals surface area contributed by atoms with E-state index < -0.39 is 0 Å². The van der Waals surface area contributed by atoms with Gasteiger partial charge in [0, 0.05) is 21.0 Å². The Kier molecular flexibility index (Phi) is 3.87. The molecule has 0 fully saturated rings. The molecule has 0 unspecified atom stereocenters. The molecule has 0 atom stereocenters. The molecular weight excluding hydrogens is 146 g/mol. The fraction of sp³-hybridized carbons (Fsp3) is 0.500. The molecule has 62 valence electrons. The predicted octanol–water partition coefficient (Wildman–Crippen LogP) is -0.0470. The number of hydrogen-bond acceptors (Lipinski definition) is 5. The minimum absolute atomic E-state index is 0.0568. The van der Waals surface area contributed by atoms with Gasteiger partial charge in [-0.15, -0.1) is 0 Å². The summed E-state index contributed by atoms with van der Waals surface area (Å²) in [7, 11) is 3.40. The van der Waals surface area contributed by atoms with Crippen LogP contribution in [0.2, 0.25) is 0 Å². The van der Waals surface area contributed by atoms with Crippen LogP contribution in [-0.2, 0) is 4.79 Å². The highest BCUT2D eigenvalue weighted by molar-refractivity contribution is 6.60. The van der Waals surface area contributed by atoms with E-state index in [1.807, 2.05) is 0 Å². The van der Waals surface area contributed by atoms with Gasteiger partial charge >= 0.3 is 0 Å². The van der Waals surface area contributed by atoms with E-state index in [0.29, 0.717) is 0 Å². The molecule has 0 amide bonds. The van der Waals surface area contributed by atoms with Gasteiger partial charge in [0.2, 0.25) is 0 Å². The van der Waals surface area contributed by atoms with Crippen molar-refractivity contribution in [2.24, 2.45) is 10.3 Å². The third-order valence-electron chi connectivity index (χ3n) is 0.879. The fourth-order valence-electron chi connectivity index (χ4n) is 0.357. The summed E-state index contributed by atoms with van der Waals surface area (Å²) >= 11 is 0. The molecule has 0 aliphatic carbocycles. The van der Waals surface area contributed by atoms with Crippen molar-refractivity contribution in [1.29, 1.82) is 0 Å². The molecule has 0 saturated heterocycles. The van der Waals surface area contributed by atoms with Crippen molar-refractivity contribution in [3.8, 4) is 0 Å². The smallest absolute Gasteiger partial charge is 0.183 e. The fourth-order valence-corrected chi connectivity index (χ4v) is 0.357. The minimum atomic E-state index is -0.321. The van der Waals surface area contributed by atoms with Crippen LogP contribution in [0.4, 0.5) is 0 Å². The molecule has 5 heteroatoms. The van der Waals surface area contributed by atoms with E-state index in [1.54, 1.807) is 14.1 Å². The third kappa shape index (κ3) is 4.07. The topological polar surface area (TPSA) is 65.3 Å². The third-order valence-corrected chi connectivity index (χ3v) is 0.879. The molecule has 0 aliphatic heterocycles. The molecule has 0 heterocycles.